The third kappa shape index (κ3) is 2.21. The molecule has 2 N–H and O–H groups in total. The smallest absolute Gasteiger partial charge is 0.279 e. The van der Waals surface area contributed by atoms with Gasteiger partial charge in [-0.2, -0.15) is 0 Å². The maximum Gasteiger partial charge on any atom is 0.279 e. The first-order chi connectivity index (χ1) is 8.09. The van der Waals surface area contributed by atoms with Crippen LogP contribution in [0.1, 0.15) is 0 Å². The topological polar surface area (TPSA) is 69.2 Å². The molecule has 0 spiro atoms. The number of nitro groups is 1. The van der Waals surface area contributed by atoms with Gasteiger partial charge in [0, 0.05) is 22.3 Å². The molecule has 0 atom stereocenters. The fourth-order valence-electron chi connectivity index (χ4n) is 1.61. The molecule has 0 aliphatic heterocycles. The molecule has 0 unspecified atom stereocenters. The van der Waals surface area contributed by atoms with Gasteiger partial charge in [-0.25, -0.2) is 0 Å². The minimum Gasteiger partial charge on any atom is -0.399 e. The van der Waals surface area contributed by atoms with Crippen molar-refractivity contribution in [2.75, 3.05) is 5.73 Å². The molecule has 2 rings (SSSR count). The molecule has 0 heterocycles. The summed E-state index contributed by atoms with van der Waals surface area (Å²) in [4.78, 5) is 10.5. The molecule has 4 nitrogen and oxygen atoms in total. The number of anilines is 1. The predicted molar refractivity (Wildman–Crippen MR) is 68.0 cm³/mol. The van der Waals surface area contributed by atoms with Gasteiger partial charge in [-0.15, -0.1) is 0 Å². The molecule has 0 saturated heterocycles. The average molecular weight is 249 g/mol. The second-order valence-electron chi connectivity index (χ2n) is 3.51. The number of hydrogen-bond donors (Lipinski definition) is 1. The molecular weight excluding hydrogens is 240 g/mol. The first-order valence-corrected chi connectivity index (χ1v) is 5.26. The van der Waals surface area contributed by atoms with Crippen LogP contribution in [0.15, 0.2) is 42.5 Å². The summed E-state index contributed by atoms with van der Waals surface area (Å²) in [6.07, 6.45) is 0. The summed E-state index contributed by atoms with van der Waals surface area (Å²) in [6, 6.07) is 11.5. The van der Waals surface area contributed by atoms with Gasteiger partial charge in [0.1, 0.15) is 0 Å². The van der Waals surface area contributed by atoms with E-state index in [4.69, 9.17) is 17.3 Å². The Bertz CT molecular complexity index is 584. The van der Waals surface area contributed by atoms with Crippen LogP contribution in [0.2, 0.25) is 5.02 Å². The van der Waals surface area contributed by atoms with Gasteiger partial charge in [0.15, 0.2) is 0 Å². The van der Waals surface area contributed by atoms with E-state index in [0.717, 1.165) is 0 Å². The quantitative estimate of drug-likeness (QED) is 0.502. The van der Waals surface area contributed by atoms with Crippen LogP contribution in [0.5, 0.6) is 0 Å². The highest BCUT2D eigenvalue weighted by atomic mass is 35.5. The number of nitrogens with zero attached hydrogens (tertiary/aromatic N) is 1. The maximum absolute atomic E-state index is 11.0. The highest BCUT2D eigenvalue weighted by molar-refractivity contribution is 6.33. The summed E-state index contributed by atoms with van der Waals surface area (Å²) in [5.41, 5.74) is 6.95. The van der Waals surface area contributed by atoms with Gasteiger partial charge in [-0.3, -0.25) is 10.1 Å². The number of nitrogen functional groups attached to an aromatic ring is 1. The zero-order valence-corrected chi connectivity index (χ0v) is 9.52. The highest BCUT2D eigenvalue weighted by Crippen LogP contribution is 2.35. The predicted octanol–water partition coefficient (Wildman–Crippen LogP) is 3.50. The number of rotatable bonds is 2. The minimum absolute atomic E-state index is 0.0434. The lowest BCUT2D eigenvalue weighted by Crippen LogP contribution is -1.94. The zero-order valence-electron chi connectivity index (χ0n) is 8.76. The van der Waals surface area contributed by atoms with Crippen molar-refractivity contribution < 1.29 is 4.92 Å². The Morgan fingerprint density at radius 1 is 1.12 bits per heavy atom. The molecule has 0 saturated carbocycles. The Labute approximate surface area is 103 Å². The summed E-state index contributed by atoms with van der Waals surface area (Å²) < 4.78 is 0. The van der Waals surface area contributed by atoms with E-state index < -0.39 is 4.92 Å². The second-order valence-corrected chi connectivity index (χ2v) is 3.92. The third-order valence-electron chi connectivity index (χ3n) is 2.38. The van der Waals surface area contributed by atoms with Gasteiger partial charge in [0.05, 0.1) is 10.5 Å². The van der Waals surface area contributed by atoms with Crippen molar-refractivity contribution in [2.24, 2.45) is 0 Å². The normalized spacial score (nSPS) is 10.2. The van der Waals surface area contributed by atoms with Gasteiger partial charge in [0.25, 0.3) is 5.69 Å². The molecule has 0 aromatic heterocycles. The largest absolute Gasteiger partial charge is 0.399 e. The third-order valence-corrected chi connectivity index (χ3v) is 2.71. The second kappa shape index (κ2) is 4.43. The van der Waals surface area contributed by atoms with E-state index in [-0.39, 0.29) is 5.69 Å². The lowest BCUT2D eigenvalue weighted by Gasteiger charge is -2.05. The van der Waals surface area contributed by atoms with Crippen molar-refractivity contribution in [1.82, 2.24) is 0 Å². The average Bonchev–Trinajstić information content (AvgIpc) is 2.30. The molecule has 0 aliphatic carbocycles. The zero-order chi connectivity index (χ0) is 12.4. The minimum atomic E-state index is -0.463. The lowest BCUT2D eigenvalue weighted by atomic mass is 10.0. The highest BCUT2D eigenvalue weighted by Gasteiger charge is 2.17. The Hall–Kier alpha value is -2.07. The summed E-state index contributed by atoms with van der Waals surface area (Å²) in [5.74, 6) is 0. The Kier molecular flexibility index (Phi) is 2.97. The number of nitro benzene ring substituents is 1. The molecule has 17 heavy (non-hydrogen) atoms. The van der Waals surface area contributed by atoms with Gasteiger partial charge < -0.3 is 5.73 Å². The van der Waals surface area contributed by atoms with Gasteiger partial charge >= 0.3 is 0 Å². The molecule has 2 aromatic carbocycles. The van der Waals surface area contributed by atoms with Crippen LogP contribution < -0.4 is 5.73 Å². The number of hydrogen-bond acceptors (Lipinski definition) is 3. The number of benzene rings is 2. The van der Waals surface area contributed by atoms with Crippen molar-refractivity contribution in [3.8, 4) is 11.1 Å². The number of nitrogens with two attached hydrogens (primary N) is 1. The molecule has 0 fully saturated rings. The van der Waals surface area contributed by atoms with Crippen LogP contribution in [0.3, 0.4) is 0 Å². The SMILES string of the molecule is Nc1ccc(-c2ccccc2Cl)c([N+](=O)[O-])c1. The van der Waals surface area contributed by atoms with Crippen molar-refractivity contribution in [2.45, 2.75) is 0 Å². The fraction of sp³-hybridized carbons (Fsp3) is 0. The Morgan fingerprint density at radius 3 is 2.47 bits per heavy atom. The molecule has 5 heteroatoms. The maximum atomic E-state index is 11.0. The Balaban J connectivity index is 2.68. The van der Waals surface area contributed by atoms with Crippen molar-refractivity contribution in [1.29, 1.82) is 0 Å². The summed E-state index contributed by atoms with van der Waals surface area (Å²) >= 11 is 6.02. The van der Waals surface area contributed by atoms with Crippen LogP contribution in [0.25, 0.3) is 11.1 Å². The van der Waals surface area contributed by atoms with E-state index in [1.165, 1.54) is 6.07 Å². The van der Waals surface area contributed by atoms with E-state index in [0.29, 0.717) is 21.8 Å². The fourth-order valence-corrected chi connectivity index (χ4v) is 1.84. The van der Waals surface area contributed by atoms with E-state index in [9.17, 15) is 10.1 Å². The van der Waals surface area contributed by atoms with E-state index in [2.05, 4.69) is 0 Å². The first kappa shape index (κ1) is 11.4. The summed E-state index contributed by atoms with van der Waals surface area (Å²) in [5, 5.41) is 11.4. The molecule has 0 radical (unpaired) electrons. The van der Waals surface area contributed by atoms with E-state index >= 15 is 0 Å². The lowest BCUT2D eigenvalue weighted by molar-refractivity contribution is -0.384. The molecule has 2 aromatic rings. The van der Waals surface area contributed by atoms with Crippen LogP contribution in [0, 0.1) is 10.1 Å². The van der Waals surface area contributed by atoms with Crippen LogP contribution >= 0.6 is 11.6 Å². The molecule has 86 valence electrons. The summed E-state index contributed by atoms with van der Waals surface area (Å²) in [6.45, 7) is 0. The monoisotopic (exact) mass is 248 g/mol. The van der Waals surface area contributed by atoms with Gasteiger partial charge in [0.2, 0.25) is 0 Å². The van der Waals surface area contributed by atoms with Gasteiger partial charge in [-0.1, -0.05) is 29.8 Å². The molecule has 0 amide bonds. The molecular formula is C12H9ClN2O2. The first-order valence-electron chi connectivity index (χ1n) is 4.88. The van der Waals surface area contributed by atoms with Crippen molar-refractivity contribution >= 4 is 23.0 Å². The van der Waals surface area contributed by atoms with Crippen LogP contribution in [0.4, 0.5) is 11.4 Å². The molecule has 0 aliphatic rings. The number of halogens is 1. The van der Waals surface area contributed by atoms with E-state index in [1.807, 2.05) is 0 Å². The van der Waals surface area contributed by atoms with Crippen molar-refractivity contribution in [3.63, 3.8) is 0 Å². The van der Waals surface area contributed by atoms with Crippen molar-refractivity contribution in [3.05, 3.63) is 57.6 Å². The summed E-state index contributed by atoms with van der Waals surface area (Å²) in [7, 11) is 0. The van der Waals surface area contributed by atoms with Gasteiger partial charge in [-0.05, 0) is 18.2 Å². The Morgan fingerprint density at radius 2 is 1.82 bits per heavy atom. The molecule has 0 bridgehead atoms. The van der Waals surface area contributed by atoms with Crippen LogP contribution in [-0.2, 0) is 0 Å². The van der Waals surface area contributed by atoms with E-state index in [1.54, 1.807) is 36.4 Å². The van der Waals surface area contributed by atoms with Crippen LogP contribution in [-0.4, -0.2) is 4.92 Å². The standard InChI is InChI=1S/C12H9ClN2O2/c13-11-4-2-1-3-9(11)10-6-5-8(14)7-12(10)15(16)17/h1-7H,14H2.